The summed E-state index contributed by atoms with van der Waals surface area (Å²) in [6.07, 6.45) is 0.222. The predicted octanol–water partition coefficient (Wildman–Crippen LogP) is 0.793. The van der Waals surface area contributed by atoms with Crippen molar-refractivity contribution in [2.75, 3.05) is 53.9 Å². The molecular formula is C11H24O6. The highest BCUT2D eigenvalue weighted by Gasteiger charge is 1.88. The van der Waals surface area contributed by atoms with Crippen molar-refractivity contribution in [3.05, 3.63) is 0 Å². The molecule has 0 aliphatic rings. The van der Waals surface area contributed by atoms with Crippen LogP contribution in [0.3, 0.4) is 0 Å². The zero-order valence-electron chi connectivity index (χ0n) is 10.9. The quantitative estimate of drug-likeness (QED) is 0.579. The van der Waals surface area contributed by atoms with E-state index in [1.165, 1.54) is 0 Å². The molecule has 0 fully saturated rings. The Bertz CT molecular complexity index is 141. The first kappa shape index (κ1) is 18.7. The Hall–Kier alpha value is -0.690. The smallest absolute Gasteiger partial charge is 0.303 e. The molecule has 0 amide bonds. The summed E-state index contributed by atoms with van der Waals surface area (Å²) in [6, 6.07) is 0. The SMILES string of the molecule is CCC(=O)O.COCCOCCOCCOC. The molecule has 0 spiro atoms. The third kappa shape index (κ3) is 25.5. The molecule has 0 atom stereocenters. The highest BCUT2D eigenvalue weighted by Crippen LogP contribution is 1.79. The van der Waals surface area contributed by atoms with Crippen molar-refractivity contribution >= 4 is 5.97 Å². The van der Waals surface area contributed by atoms with E-state index in [4.69, 9.17) is 24.1 Å². The van der Waals surface area contributed by atoms with Gasteiger partial charge in [0.15, 0.2) is 0 Å². The first-order valence-electron chi connectivity index (χ1n) is 5.54. The number of hydrogen-bond donors (Lipinski definition) is 1. The molecule has 6 heteroatoms. The third-order valence-electron chi connectivity index (χ3n) is 1.54. The Morgan fingerprint density at radius 3 is 1.41 bits per heavy atom. The highest BCUT2D eigenvalue weighted by atomic mass is 16.5. The van der Waals surface area contributed by atoms with Gasteiger partial charge in [-0.15, -0.1) is 0 Å². The van der Waals surface area contributed by atoms with E-state index in [1.807, 2.05) is 0 Å². The van der Waals surface area contributed by atoms with E-state index in [9.17, 15) is 4.79 Å². The molecule has 0 unspecified atom stereocenters. The minimum atomic E-state index is -0.745. The van der Waals surface area contributed by atoms with Crippen LogP contribution in [-0.4, -0.2) is 64.9 Å². The Morgan fingerprint density at radius 2 is 1.18 bits per heavy atom. The monoisotopic (exact) mass is 252 g/mol. The molecule has 0 radical (unpaired) electrons. The van der Waals surface area contributed by atoms with Crippen molar-refractivity contribution in [1.82, 2.24) is 0 Å². The van der Waals surface area contributed by atoms with Crippen LogP contribution in [-0.2, 0) is 23.7 Å². The fraction of sp³-hybridized carbons (Fsp3) is 0.909. The van der Waals surface area contributed by atoms with Crippen molar-refractivity contribution in [1.29, 1.82) is 0 Å². The molecule has 0 saturated carbocycles. The number of carboxylic acid groups (broad SMARTS) is 1. The summed E-state index contributed by atoms with van der Waals surface area (Å²) in [5.41, 5.74) is 0. The van der Waals surface area contributed by atoms with Gasteiger partial charge in [-0.05, 0) is 0 Å². The lowest BCUT2D eigenvalue weighted by atomic mass is 10.5. The van der Waals surface area contributed by atoms with E-state index >= 15 is 0 Å². The normalized spacial score (nSPS) is 9.59. The molecule has 0 aromatic carbocycles. The van der Waals surface area contributed by atoms with Crippen molar-refractivity contribution in [3.63, 3.8) is 0 Å². The van der Waals surface area contributed by atoms with Gasteiger partial charge in [-0.25, -0.2) is 0 Å². The second-order valence-corrected chi connectivity index (χ2v) is 2.96. The van der Waals surface area contributed by atoms with Crippen LogP contribution in [0.2, 0.25) is 0 Å². The van der Waals surface area contributed by atoms with E-state index < -0.39 is 5.97 Å². The molecule has 17 heavy (non-hydrogen) atoms. The molecule has 0 aliphatic carbocycles. The zero-order chi connectivity index (χ0) is 13.4. The van der Waals surface area contributed by atoms with E-state index in [2.05, 4.69) is 0 Å². The van der Waals surface area contributed by atoms with Gasteiger partial charge in [-0.2, -0.15) is 0 Å². The predicted molar refractivity (Wildman–Crippen MR) is 63.3 cm³/mol. The lowest BCUT2D eigenvalue weighted by Crippen LogP contribution is -2.10. The maximum Gasteiger partial charge on any atom is 0.303 e. The van der Waals surface area contributed by atoms with Crippen LogP contribution >= 0.6 is 0 Å². The third-order valence-corrected chi connectivity index (χ3v) is 1.54. The van der Waals surface area contributed by atoms with Crippen LogP contribution in [0.5, 0.6) is 0 Å². The van der Waals surface area contributed by atoms with Crippen LogP contribution < -0.4 is 0 Å². The lowest BCUT2D eigenvalue weighted by Gasteiger charge is -2.04. The van der Waals surface area contributed by atoms with Gasteiger partial charge >= 0.3 is 5.97 Å². The molecule has 0 heterocycles. The first-order valence-corrected chi connectivity index (χ1v) is 5.54. The number of aliphatic carboxylic acids is 1. The molecule has 0 aromatic heterocycles. The van der Waals surface area contributed by atoms with Crippen LogP contribution in [0.15, 0.2) is 0 Å². The number of rotatable bonds is 10. The Kier molecular flexibility index (Phi) is 19.4. The Balaban J connectivity index is 0. The van der Waals surface area contributed by atoms with Crippen LogP contribution in [0.1, 0.15) is 13.3 Å². The number of carboxylic acids is 1. The number of carbonyl (C=O) groups is 1. The largest absolute Gasteiger partial charge is 0.481 e. The molecule has 0 aromatic rings. The van der Waals surface area contributed by atoms with E-state index in [0.29, 0.717) is 39.6 Å². The topological polar surface area (TPSA) is 74.2 Å². The average Bonchev–Trinajstić information content (AvgIpc) is 2.33. The van der Waals surface area contributed by atoms with Crippen molar-refractivity contribution < 1.29 is 28.8 Å². The summed E-state index contributed by atoms with van der Waals surface area (Å²) in [5, 5.41) is 7.72. The van der Waals surface area contributed by atoms with Crippen molar-refractivity contribution in [3.8, 4) is 0 Å². The summed E-state index contributed by atoms with van der Waals surface area (Å²) in [5.74, 6) is -0.745. The van der Waals surface area contributed by atoms with Gasteiger partial charge in [0.1, 0.15) is 0 Å². The fourth-order valence-corrected chi connectivity index (χ4v) is 0.606. The van der Waals surface area contributed by atoms with Crippen molar-refractivity contribution in [2.45, 2.75) is 13.3 Å². The van der Waals surface area contributed by atoms with Crippen LogP contribution in [0, 0.1) is 0 Å². The van der Waals surface area contributed by atoms with Crippen molar-refractivity contribution in [2.24, 2.45) is 0 Å². The number of ether oxygens (including phenoxy) is 4. The van der Waals surface area contributed by atoms with Crippen LogP contribution in [0.4, 0.5) is 0 Å². The van der Waals surface area contributed by atoms with E-state index in [1.54, 1.807) is 21.1 Å². The fourth-order valence-electron chi connectivity index (χ4n) is 0.606. The lowest BCUT2D eigenvalue weighted by molar-refractivity contribution is -0.136. The van der Waals surface area contributed by atoms with Gasteiger partial charge in [0.05, 0.1) is 39.6 Å². The maximum atomic E-state index is 9.37. The molecular weight excluding hydrogens is 228 g/mol. The average molecular weight is 252 g/mol. The van der Waals surface area contributed by atoms with Crippen LogP contribution in [0.25, 0.3) is 0 Å². The molecule has 0 saturated heterocycles. The molecule has 6 nitrogen and oxygen atoms in total. The molecule has 104 valence electrons. The second-order valence-electron chi connectivity index (χ2n) is 2.96. The standard InChI is InChI=1S/C8H18O4.C3H6O2/c1-9-3-5-11-7-8-12-6-4-10-2;1-2-3(4)5/h3-8H2,1-2H3;2H2,1H3,(H,4,5). The Labute approximate surface area is 103 Å². The number of methoxy groups -OCH3 is 2. The second kappa shape index (κ2) is 17.7. The molecule has 0 rings (SSSR count). The highest BCUT2D eigenvalue weighted by molar-refractivity contribution is 5.66. The minimum absolute atomic E-state index is 0.222. The van der Waals surface area contributed by atoms with Gasteiger partial charge < -0.3 is 24.1 Å². The van der Waals surface area contributed by atoms with E-state index in [0.717, 1.165) is 0 Å². The summed E-state index contributed by atoms with van der Waals surface area (Å²) >= 11 is 0. The minimum Gasteiger partial charge on any atom is -0.481 e. The van der Waals surface area contributed by atoms with Gasteiger partial charge in [0.25, 0.3) is 0 Å². The molecule has 0 aliphatic heterocycles. The summed E-state index contributed by atoms with van der Waals surface area (Å²) < 4.78 is 19.9. The summed E-state index contributed by atoms with van der Waals surface area (Å²) in [4.78, 5) is 9.37. The summed E-state index contributed by atoms with van der Waals surface area (Å²) in [7, 11) is 3.30. The van der Waals surface area contributed by atoms with Gasteiger partial charge in [-0.1, -0.05) is 6.92 Å². The van der Waals surface area contributed by atoms with Gasteiger partial charge in [0.2, 0.25) is 0 Å². The molecule has 0 bridgehead atoms. The maximum absolute atomic E-state index is 9.37. The van der Waals surface area contributed by atoms with Gasteiger partial charge in [-0.3, -0.25) is 4.79 Å². The Morgan fingerprint density at radius 1 is 0.882 bits per heavy atom. The first-order chi connectivity index (χ1) is 8.18. The van der Waals surface area contributed by atoms with E-state index in [-0.39, 0.29) is 6.42 Å². The zero-order valence-corrected chi connectivity index (χ0v) is 10.9. The molecule has 1 N–H and O–H groups in total. The van der Waals surface area contributed by atoms with Gasteiger partial charge in [0, 0.05) is 20.6 Å². The summed E-state index contributed by atoms with van der Waals surface area (Å²) in [6.45, 7) is 5.37. The number of hydrogen-bond acceptors (Lipinski definition) is 5.